The number of anilines is 1. The molecule has 1 atom stereocenters. The van der Waals surface area contributed by atoms with E-state index in [2.05, 4.69) is 42.7 Å². The molecule has 4 nitrogen and oxygen atoms in total. The second-order valence-corrected chi connectivity index (χ2v) is 8.67. The SMILES string of the molecule is Cc1cc(C)cc(CSCC(=O)Nc2ccccc2C(=O)N[C@@H](C)c2ccccc2)c1. The normalized spacial score (nSPS) is 11.6. The molecule has 3 aromatic carbocycles. The Kier molecular flexibility index (Phi) is 7.90. The number of aryl methyl sites for hydroxylation is 2. The number of amides is 2. The van der Waals surface area contributed by atoms with Gasteiger partial charge in [-0.25, -0.2) is 0 Å². The molecular weight excluding hydrogens is 404 g/mol. The molecule has 2 N–H and O–H groups in total. The maximum absolute atomic E-state index is 12.8. The van der Waals surface area contributed by atoms with Gasteiger partial charge in [0.25, 0.3) is 5.91 Å². The number of rotatable bonds is 8. The summed E-state index contributed by atoms with van der Waals surface area (Å²) >= 11 is 1.56. The summed E-state index contributed by atoms with van der Waals surface area (Å²) in [7, 11) is 0. The molecule has 0 saturated carbocycles. The van der Waals surface area contributed by atoms with E-state index >= 15 is 0 Å². The van der Waals surface area contributed by atoms with E-state index in [1.54, 1.807) is 30.0 Å². The van der Waals surface area contributed by atoms with Crippen molar-refractivity contribution in [3.63, 3.8) is 0 Å². The van der Waals surface area contributed by atoms with Gasteiger partial charge in [0, 0.05) is 5.75 Å². The second kappa shape index (κ2) is 10.8. The third-order valence-electron chi connectivity index (χ3n) is 4.88. The Bertz CT molecular complexity index is 1030. The molecule has 0 aliphatic heterocycles. The first-order chi connectivity index (χ1) is 14.9. The molecule has 3 rings (SSSR count). The standard InChI is InChI=1S/C26H28N2O2S/c1-18-13-19(2)15-21(14-18)16-31-17-25(29)28-24-12-8-7-11-23(24)26(30)27-20(3)22-9-5-4-6-10-22/h4-15,20H,16-17H2,1-3H3,(H,27,30)(H,28,29)/t20-/m0/s1. The van der Waals surface area contributed by atoms with Crippen LogP contribution < -0.4 is 10.6 Å². The zero-order valence-corrected chi connectivity index (χ0v) is 19.0. The van der Waals surface area contributed by atoms with Gasteiger partial charge in [0.2, 0.25) is 5.91 Å². The van der Waals surface area contributed by atoms with Gasteiger partial charge in [-0.3, -0.25) is 9.59 Å². The van der Waals surface area contributed by atoms with E-state index in [-0.39, 0.29) is 17.9 Å². The molecule has 0 radical (unpaired) electrons. The zero-order valence-electron chi connectivity index (χ0n) is 18.1. The molecule has 0 fully saturated rings. The maximum atomic E-state index is 12.8. The Morgan fingerprint density at radius 2 is 1.55 bits per heavy atom. The summed E-state index contributed by atoms with van der Waals surface area (Å²) in [5.74, 6) is 0.761. The average molecular weight is 433 g/mol. The number of hydrogen-bond donors (Lipinski definition) is 2. The quantitative estimate of drug-likeness (QED) is 0.482. The van der Waals surface area contributed by atoms with Crippen molar-refractivity contribution in [2.24, 2.45) is 0 Å². The van der Waals surface area contributed by atoms with Gasteiger partial charge in [-0.2, -0.15) is 0 Å². The molecular formula is C26H28N2O2S. The van der Waals surface area contributed by atoms with Gasteiger partial charge in [-0.05, 0) is 44.0 Å². The van der Waals surface area contributed by atoms with Crippen LogP contribution in [-0.4, -0.2) is 17.6 Å². The highest BCUT2D eigenvalue weighted by molar-refractivity contribution is 7.99. The monoisotopic (exact) mass is 432 g/mol. The van der Waals surface area contributed by atoms with Crippen LogP contribution in [0.3, 0.4) is 0 Å². The summed E-state index contributed by atoms with van der Waals surface area (Å²) in [5, 5.41) is 5.90. The number of hydrogen-bond acceptors (Lipinski definition) is 3. The molecule has 0 aliphatic carbocycles. The van der Waals surface area contributed by atoms with Gasteiger partial charge in [0.15, 0.2) is 0 Å². The Labute approximate surface area is 188 Å². The Morgan fingerprint density at radius 1 is 0.903 bits per heavy atom. The highest BCUT2D eigenvalue weighted by atomic mass is 32.2. The minimum absolute atomic E-state index is 0.120. The Balaban J connectivity index is 1.58. The zero-order chi connectivity index (χ0) is 22.2. The lowest BCUT2D eigenvalue weighted by Gasteiger charge is -2.16. The summed E-state index contributed by atoms with van der Waals surface area (Å²) in [6, 6.07) is 23.2. The minimum atomic E-state index is -0.213. The highest BCUT2D eigenvalue weighted by Gasteiger charge is 2.16. The Morgan fingerprint density at radius 3 is 2.26 bits per heavy atom. The van der Waals surface area contributed by atoms with Crippen LogP contribution in [0.4, 0.5) is 5.69 Å². The molecule has 0 bridgehead atoms. The number of nitrogens with one attached hydrogen (secondary N) is 2. The third kappa shape index (κ3) is 6.72. The van der Waals surface area contributed by atoms with Crippen molar-refractivity contribution in [2.75, 3.05) is 11.1 Å². The fraction of sp³-hybridized carbons (Fsp3) is 0.231. The number of para-hydroxylation sites is 1. The molecule has 0 unspecified atom stereocenters. The molecule has 0 aliphatic rings. The van der Waals surface area contributed by atoms with E-state index in [0.717, 1.165) is 11.3 Å². The lowest BCUT2D eigenvalue weighted by Crippen LogP contribution is -2.28. The molecule has 31 heavy (non-hydrogen) atoms. The number of benzene rings is 3. The molecule has 0 aromatic heterocycles. The largest absolute Gasteiger partial charge is 0.345 e. The summed E-state index contributed by atoms with van der Waals surface area (Å²) in [6.07, 6.45) is 0. The maximum Gasteiger partial charge on any atom is 0.253 e. The van der Waals surface area contributed by atoms with E-state index in [9.17, 15) is 9.59 Å². The number of carbonyl (C=O) groups excluding carboxylic acids is 2. The Hall–Kier alpha value is -3.05. The lowest BCUT2D eigenvalue weighted by molar-refractivity contribution is -0.113. The highest BCUT2D eigenvalue weighted by Crippen LogP contribution is 2.20. The summed E-state index contributed by atoms with van der Waals surface area (Å²) in [4.78, 5) is 25.3. The van der Waals surface area contributed by atoms with E-state index < -0.39 is 0 Å². The van der Waals surface area contributed by atoms with Crippen molar-refractivity contribution in [2.45, 2.75) is 32.6 Å². The van der Waals surface area contributed by atoms with Crippen LogP contribution in [0.25, 0.3) is 0 Å². The van der Waals surface area contributed by atoms with E-state index in [4.69, 9.17) is 0 Å². The van der Waals surface area contributed by atoms with Gasteiger partial charge in [-0.1, -0.05) is 71.8 Å². The van der Waals surface area contributed by atoms with Crippen molar-refractivity contribution in [3.05, 3.63) is 101 Å². The van der Waals surface area contributed by atoms with Crippen LogP contribution in [0.15, 0.2) is 72.8 Å². The topological polar surface area (TPSA) is 58.2 Å². The fourth-order valence-corrected chi connectivity index (χ4v) is 4.25. The predicted octanol–water partition coefficient (Wildman–Crippen LogP) is 5.67. The molecule has 5 heteroatoms. The first-order valence-electron chi connectivity index (χ1n) is 10.3. The fourth-order valence-electron chi connectivity index (χ4n) is 3.49. The van der Waals surface area contributed by atoms with Crippen molar-refractivity contribution >= 4 is 29.3 Å². The molecule has 3 aromatic rings. The summed E-state index contributed by atoms with van der Waals surface area (Å²) in [6.45, 7) is 6.10. The second-order valence-electron chi connectivity index (χ2n) is 7.69. The molecule has 0 heterocycles. The number of carbonyl (C=O) groups is 2. The van der Waals surface area contributed by atoms with Gasteiger partial charge in [0.1, 0.15) is 0 Å². The van der Waals surface area contributed by atoms with Crippen LogP contribution >= 0.6 is 11.8 Å². The van der Waals surface area contributed by atoms with Gasteiger partial charge < -0.3 is 10.6 Å². The van der Waals surface area contributed by atoms with Crippen LogP contribution in [0.2, 0.25) is 0 Å². The first kappa shape index (κ1) is 22.6. The first-order valence-corrected chi connectivity index (χ1v) is 11.5. The van der Waals surface area contributed by atoms with Crippen molar-refractivity contribution in [1.82, 2.24) is 5.32 Å². The van der Waals surface area contributed by atoms with Crippen molar-refractivity contribution < 1.29 is 9.59 Å². The smallest absolute Gasteiger partial charge is 0.253 e. The number of thioether (sulfide) groups is 1. The minimum Gasteiger partial charge on any atom is -0.345 e. The molecule has 2 amide bonds. The average Bonchev–Trinajstić information content (AvgIpc) is 2.74. The van der Waals surface area contributed by atoms with Gasteiger partial charge >= 0.3 is 0 Å². The van der Waals surface area contributed by atoms with Crippen LogP contribution in [-0.2, 0) is 10.5 Å². The van der Waals surface area contributed by atoms with Gasteiger partial charge in [-0.15, -0.1) is 11.8 Å². The van der Waals surface area contributed by atoms with Crippen LogP contribution in [0.1, 0.15) is 45.6 Å². The van der Waals surface area contributed by atoms with Crippen LogP contribution in [0, 0.1) is 13.8 Å². The van der Waals surface area contributed by atoms with Crippen molar-refractivity contribution in [1.29, 1.82) is 0 Å². The van der Waals surface area contributed by atoms with E-state index in [1.165, 1.54) is 16.7 Å². The molecule has 160 valence electrons. The molecule has 0 saturated heterocycles. The lowest BCUT2D eigenvalue weighted by atomic mass is 10.1. The summed E-state index contributed by atoms with van der Waals surface area (Å²) < 4.78 is 0. The molecule has 0 spiro atoms. The summed E-state index contributed by atoms with van der Waals surface area (Å²) in [5.41, 5.74) is 5.68. The predicted molar refractivity (Wildman–Crippen MR) is 129 cm³/mol. The van der Waals surface area contributed by atoms with Crippen molar-refractivity contribution in [3.8, 4) is 0 Å². The third-order valence-corrected chi connectivity index (χ3v) is 5.88. The van der Waals surface area contributed by atoms with E-state index in [1.807, 2.05) is 43.3 Å². The van der Waals surface area contributed by atoms with E-state index in [0.29, 0.717) is 17.0 Å². The van der Waals surface area contributed by atoms with Crippen LogP contribution in [0.5, 0.6) is 0 Å². The van der Waals surface area contributed by atoms with Gasteiger partial charge in [0.05, 0.1) is 23.0 Å².